The molecule has 15 heavy (non-hydrogen) atoms. The molecule has 5 nitrogen and oxygen atoms in total. The summed E-state index contributed by atoms with van der Waals surface area (Å²) in [7, 11) is 0. The Hall–Kier alpha value is -1.17. The molecule has 2 N–H and O–H groups in total. The molecule has 0 radical (unpaired) electrons. The number of alkyl halides is 1. The van der Waals surface area contributed by atoms with Crippen molar-refractivity contribution < 1.29 is 23.8 Å². The van der Waals surface area contributed by atoms with Gasteiger partial charge in [0, 0.05) is 0 Å². The van der Waals surface area contributed by atoms with Crippen molar-refractivity contribution in [3.63, 3.8) is 0 Å². The summed E-state index contributed by atoms with van der Waals surface area (Å²) in [5, 5.41) is 11.0. The van der Waals surface area contributed by atoms with Crippen molar-refractivity contribution in [1.82, 2.24) is 5.32 Å². The molecule has 0 aliphatic heterocycles. The molecule has 0 unspecified atom stereocenters. The van der Waals surface area contributed by atoms with E-state index < -0.39 is 24.6 Å². The third-order valence-corrected chi connectivity index (χ3v) is 1.70. The number of carbonyl (C=O) groups is 2. The summed E-state index contributed by atoms with van der Waals surface area (Å²) in [5.41, 5.74) is 0. The summed E-state index contributed by atoms with van der Waals surface area (Å²) in [6, 6.07) is -0.938. The average Bonchev–Trinajstić information content (AvgIpc) is 2.13. The minimum absolute atomic E-state index is 0.160. The number of amides is 1. The first-order chi connectivity index (χ1) is 6.99. The second kappa shape index (κ2) is 7.17. The van der Waals surface area contributed by atoms with Crippen LogP contribution in [0.2, 0.25) is 0 Å². The van der Waals surface area contributed by atoms with Crippen molar-refractivity contribution in [2.45, 2.75) is 19.9 Å². The smallest absolute Gasteiger partial charge is 0.326 e. The Balaban J connectivity index is 3.95. The molecular formula is C9H16FNO4. The molecule has 0 aromatic heterocycles. The first-order valence-electron chi connectivity index (χ1n) is 4.65. The monoisotopic (exact) mass is 221 g/mol. The second-order valence-electron chi connectivity index (χ2n) is 3.37. The molecule has 0 bridgehead atoms. The second-order valence-corrected chi connectivity index (χ2v) is 3.37. The number of carboxylic acids is 1. The number of nitrogens with one attached hydrogen (secondary N) is 1. The standard InChI is InChI=1S/C9H16FNO4/c1-6(2)8(9(13)14)11-7(12)5-15-4-3-10/h6,8H,3-5H2,1-2H3,(H,11,12)(H,13,14)/t8-/m0/s1. The summed E-state index contributed by atoms with van der Waals surface area (Å²) < 4.78 is 16.2. The van der Waals surface area contributed by atoms with Gasteiger partial charge in [0.2, 0.25) is 5.91 Å². The lowest BCUT2D eigenvalue weighted by molar-refractivity contribution is -0.143. The maximum Gasteiger partial charge on any atom is 0.326 e. The fourth-order valence-corrected chi connectivity index (χ4v) is 0.948. The molecule has 0 aliphatic rings. The molecule has 0 saturated carbocycles. The zero-order valence-electron chi connectivity index (χ0n) is 8.83. The first kappa shape index (κ1) is 13.8. The van der Waals surface area contributed by atoms with E-state index in [1.54, 1.807) is 13.8 Å². The summed E-state index contributed by atoms with van der Waals surface area (Å²) in [4.78, 5) is 21.8. The van der Waals surface area contributed by atoms with Gasteiger partial charge in [0.1, 0.15) is 19.3 Å². The van der Waals surface area contributed by atoms with Crippen LogP contribution in [0.1, 0.15) is 13.8 Å². The third-order valence-electron chi connectivity index (χ3n) is 1.70. The Morgan fingerprint density at radius 1 is 1.47 bits per heavy atom. The highest BCUT2D eigenvalue weighted by atomic mass is 19.1. The van der Waals surface area contributed by atoms with Gasteiger partial charge in [-0.1, -0.05) is 13.8 Å². The molecule has 0 aromatic rings. The van der Waals surface area contributed by atoms with Gasteiger partial charge in [0.15, 0.2) is 0 Å². The highest BCUT2D eigenvalue weighted by Gasteiger charge is 2.23. The molecule has 1 amide bonds. The number of halogens is 1. The Bertz CT molecular complexity index is 220. The van der Waals surface area contributed by atoms with Gasteiger partial charge < -0.3 is 15.2 Å². The van der Waals surface area contributed by atoms with E-state index in [9.17, 15) is 14.0 Å². The van der Waals surface area contributed by atoms with Crippen LogP contribution in [0.3, 0.4) is 0 Å². The Morgan fingerprint density at radius 3 is 2.47 bits per heavy atom. The van der Waals surface area contributed by atoms with Crippen LogP contribution in [0, 0.1) is 5.92 Å². The normalized spacial score (nSPS) is 12.5. The largest absolute Gasteiger partial charge is 0.480 e. The number of carbonyl (C=O) groups excluding carboxylic acids is 1. The van der Waals surface area contributed by atoms with E-state index in [-0.39, 0.29) is 19.1 Å². The Labute approximate surface area is 87.6 Å². The average molecular weight is 221 g/mol. The molecule has 1 atom stereocenters. The zero-order valence-corrected chi connectivity index (χ0v) is 8.83. The first-order valence-corrected chi connectivity index (χ1v) is 4.65. The number of aliphatic carboxylic acids is 1. The Morgan fingerprint density at radius 2 is 2.07 bits per heavy atom. The van der Waals surface area contributed by atoms with E-state index in [1.165, 1.54) is 0 Å². The number of ether oxygens (including phenoxy) is 1. The number of carboxylic acid groups (broad SMARTS) is 1. The van der Waals surface area contributed by atoms with E-state index in [4.69, 9.17) is 5.11 Å². The lowest BCUT2D eigenvalue weighted by Gasteiger charge is -2.17. The Kier molecular flexibility index (Phi) is 6.61. The molecule has 0 aliphatic carbocycles. The fraction of sp³-hybridized carbons (Fsp3) is 0.778. The minimum atomic E-state index is -1.09. The van der Waals surface area contributed by atoms with Crippen molar-refractivity contribution in [2.75, 3.05) is 19.9 Å². The predicted molar refractivity (Wildman–Crippen MR) is 51.2 cm³/mol. The topological polar surface area (TPSA) is 75.6 Å². The van der Waals surface area contributed by atoms with E-state index in [1.807, 2.05) is 0 Å². The van der Waals surface area contributed by atoms with Crippen LogP contribution in [-0.4, -0.2) is 42.9 Å². The molecule has 6 heteroatoms. The molecule has 0 rings (SSSR count). The maximum atomic E-state index is 11.6. The fourth-order valence-electron chi connectivity index (χ4n) is 0.948. The summed E-state index contributed by atoms with van der Waals surface area (Å²) in [5.74, 6) is -1.86. The molecule has 0 fully saturated rings. The van der Waals surface area contributed by atoms with Gasteiger partial charge in [0.25, 0.3) is 0 Å². The van der Waals surface area contributed by atoms with E-state index in [0.717, 1.165) is 0 Å². The van der Waals surface area contributed by atoms with Gasteiger partial charge in [-0.25, -0.2) is 9.18 Å². The van der Waals surface area contributed by atoms with Gasteiger partial charge >= 0.3 is 5.97 Å². The highest BCUT2D eigenvalue weighted by molar-refractivity contribution is 5.84. The minimum Gasteiger partial charge on any atom is -0.480 e. The van der Waals surface area contributed by atoms with Gasteiger partial charge in [-0.15, -0.1) is 0 Å². The van der Waals surface area contributed by atoms with Crippen LogP contribution in [0.5, 0.6) is 0 Å². The van der Waals surface area contributed by atoms with Crippen LogP contribution in [0.4, 0.5) is 4.39 Å². The lowest BCUT2D eigenvalue weighted by atomic mass is 10.1. The van der Waals surface area contributed by atoms with Crippen LogP contribution in [0.15, 0.2) is 0 Å². The molecule has 0 saturated heterocycles. The van der Waals surface area contributed by atoms with Crippen molar-refractivity contribution in [3.8, 4) is 0 Å². The van der Waals surface area contributed by atoms with Gasteiger partial charge in [0.05, 0.1) is 6.61 Å². The zero-order chi connectivity index (χ0) is 11.8. The number of rotatable bonds is 7. The van der Waals surface area contributed by atoms with Gasteiger partial charge in [-0.3, -0.25) is 4.79 Å². The third kappa shape index (κ3) is 6.01. The van der Waals surface area contributed by atoms with Crippen LogP contribution in [0.25, 0.3) is 0 Å². The van der Waals surface area contributed by atoms with Gasteiger partial charge in [-0.05, 0) is 5.92 Å². The maximum absolute atomic E-state index is 11.6. The van der Waals surface area contributed by atoms with Crippen molar-refractivity contribution in [3.05, 3.63) is 0 Å². The number of hydrogen-bond acceptors (Lipinski definition) is 3. The summed E-state index contributed by atoms with van der Waals surface area (Å²) in [6.07, 6.45) is 0. The van der Waals surface area contributed by atoms with Crippen molar-refractivity contribution in [2.24, 2.45) is 5.92 Å². The summed E-state index contributed by atoms with van der Waals surface area (Å²) >= 11 is 0. The molecule has 0 aromatic carbocycles. The van der Waals surface area contributed by atoms with Crippen molar-refractivity contribution in [1.29, 1.82) is 0 Å². The van der Waals surface area contributed by atoms with Crippen LogP contribution >= 0.6 is 0 Å². The predicted octanol–water partition coefficient (Wildman–Crippen LogP) is 0.198. The van der Waals surface area contributed by atoms with E-state index >= 15 is 0 Å². The quantitative estimate of drug-likeness (QED) is 0.602. The molecule has 0 heterocycles. The van der Waals surface area contributed by atoms with Crippen molar-refractivity contribution >= 4 is 11.9 Å². The molecular weight excluding hydrogens is 205 g/mol. The summed E-state index contributed by atoms with van der Waals surface area (Å²) in [6.45, 7) is 2.22. The van der Waals surface area contributed by atoms with E-state index in [0.29, 0.717) is 0 Å². The van der Waals surface area contributed by atoms with Gasteiger partial charge in [-0.2, -0.15) is 0 Å². The van der Waals surface area contributed by atoms with E-state index in [2.05, 4.69) is 10.1 Å². The lowest BCUT2D eigenvalue weighted by Crippen LogP contribution is -2.45. The SMILES string of the molecule is CC(C)[C@H](NC(=O)COCCF)C(=O)O. The number of hydrogen-bond donors (Lipinski definition) is 2. The molecule has 0 spiro atoms. The highest BCUT2D eigenvalue weighted by Crippen LogP contribution is 2.01. The molecule has 88 valence electrons. The van der Waals surface area contributed by atoms with Crippen LogP contribution in [-0.2, 0) is 14.3 Å². The van der Waals surface area contributed by atoms with Crippen LogP contribution < -0.4 is 5.32 Å².